The summed E-state index contributed by atoms with van der Waals surface area (Å²) in [6.07, 6.45) is -1.88. The minimum Gasteiger partial charge on any atom is -0.313 e. The van der Waals surface area contributed by atoms with Crippen molar-refractivity contribution in [2.75, 3.05) is 6.54 Å². The first-order chi connectivity index (χ1) is 7.04. The third kappa shape index (κ3) is 4.08. The Bertz CT molecular complexity index is 232. The lowest BCUT2D eigenvalue weighted by Crippen LogP contribution is -2.39. The normalized spacial score (nSPS) is 27.3. The summed E-state index contributed by atoms with van der Waals surface area (Å²) in [5, 5.41) is 11.3. The molecule has 1 rings (SSSR count). The van der Waals surface area contributed by atoms with Crippen molar-refractivity contribution in [1.29, 1.82) is 5.26 Å². The van der Waals surface area contributed by atoms with E-state index in [-0.39, 0.29) is 18.9 Å². The first-order valence-corrected chi connectivity index (χ1v) is 5.21. The van der Waals surface area contributed by atoms with Gasteiger partial charge < -0.3 is 5.32 Å². The molecule has 86 valence electrons. The molecule has 0 bridgehead atoms. The van der Waals surface area contributed by atoms with Crippen LogP contribution >= 0.6 is 0 Å². The lowest BCUT2D eigenvalue weighted by Gasteiger charge is -2.30. The largest absolute Gasteiger partial charge is 0.391 e. The Morgan fingerprint density at radius 3 is 2.67 bits per heavy atom. The van der Waals surface area contributed by atoms with Crippen LogP contribution in [0.1, 0.15) is 32.1 Å². The first kappa shape index (κ1) is 12.3. The second kappa shape index (κ2) is 5.36. The van der Waals surface area contributed by atoms with Crippen LogP contribution < -0.4 is 5.32 Å². The van der Waals surface area contributed by atoms with Crippen LogP contribution in [0.2, 0.25) is 0 Å². The Labute approximate surface area is 87.5 Å². The zero-order valence-electron chi connectivity index (χ0n) is 8.48. The van der Waals surface area contributed by atoms with Crippen LogP contribution in [0.3, 0.4) is 0 Å². The summed E-state index contributed by atoms with van der Waals surface area (Å²) in [6, 6.07) is 1.89. The Morgan fingerprint density at radius 2 is 2.07 bits per heavy atom. The van der Waals surface area contributed by atoms with E-state index in [1.165, 1.54) is 0 Å². The van der Waals surface area contributed by atoms with Crippen molar-refractivity contribution in [3.05, 3.63) is 0 Å². The van der Waals surface area contributed by atoms with E-state index in [0.717, 1.165) is 6.42 Å². The fourth-order valence-corrected chi connectivity index (χ4v) is 2.00. The Balaban J connectivity index is 2.33. The number of hydrogen-bond donors (Lipinski definition) is 1. The molecule has 2 unspecified atom stereocenters. The molecule has 1 N–H and O–H groups in total. The summed E-state index contributed by atoms with van der Waals surface area (Å²) in [6.45, 7) is 0.492. The van der Waals surface area contributed by atoms with Gasteiger partial charge in [-0.15, -0.1) is 0 Å². The summed E-state index contributed by atoms with van der Waals surface area (Å²) in [4.78, 5) is 0. The second-order valence-corrected chi connectivity index (χ2v) is 3.96. The molecule has 0 heterocycles. The highest BCUT2D eigenvalue weighted by Crippen LogP contribution is 2.37. The maximum Gasteiger partial charge on any atom is 0.391 e. The summed E-state index contributed by atoms with van der Waals surface area (Å²) < 4.78 is 37.3. The number of hydrogen-bond acceptors (Lipinski definition) is 2. The van der Waals surface area contributed by atoms with Gasteiger partial charge in [-0.05, 0) is 19.3 Å². The van der Waals surface area contributed by atoms with Crippen LogP contribution in [0.15, 0.2) is 0 Å². The van der Waals surface area contributed by atoms with Crippen LogP contribution in [0.4, 0.5) is 13.2 Å². The number of nitriles is 1. The SMILES string of the molecule is N#CCCNC1CCCC(C(F)(F)F)C1. The number of nitrogens with one attached hydrogen (secondary N) is 1. The third-order valence-corrected chi connectivity index (χ3v) is 2.81. The number of halogens is 3. The fourth-order valence-electron chi connectivity index (χ4n) is 2.00. The summed E-state index contributed by atoms with van der Waals surface area (Å²) >= 11 is 0. The highest BCUT2D eigenvalue weighted by molar-refractivity contribution is 4.82. The van der Waals surface area contributed by atoms with E-state index in [0.29, 0.717) is 19.4 Å². The molecule has 1 aliphatic rings. The molecule has 0 aliphatic heterocycles. The maximum absolute atomic E-state index is 12.4. The second-order valence-electron chi connectivity index (χ2n) is 3.96. The van der Waals surface area contributed by atoms with Crippen molar-refractivity contribution < 1.29 is 13.2 Å². The molecule has 2 nitrogen and oxygen atoms in total. The topological polar surface area (TPSA) is 35.8 Å². The van der Waals surface area contributed by atoms with Gasteiger partial charge in [0.1, 0.15) is 0 Å². The average Bonchev–Trinajstić information content (AvgIpc) is 2.17. The smallest absolute Gasteiger partial charge is 0.313 e. The van der Waals surface area contributed by atoms with Gasteiger partial charge in [0.15, 0.2) is 0 Å². The molecule has 1 aliphatic carbocycles. The van der Waals surface area contributed by atoms with Crippen LogP contribution in [0, 0.1) is 17.2 Å². The summed E-state index contributed by atoms with van der Waals surface area (Å²) in [5.41, 5.74) is 0. The average molecular weight is 220 g/mol. The molecule has 0 aromatic heterocycles. The monoisotopic (exact) mass is 220 g/mol. The van der Waals surface area contributed by atoms with E-state index >= 15 is 0 Å². The highest BCUT2D eigenvalue weighted by atomic mass is 19.4. The van der Waals surface area contributed by atoms with E-state index in [1.54, 1.807) is 0 Å². The van der Waals surface area contributed by atoms with Crippen LogP contribution in [-0.4, -0.2) is 18.8 Å². The molecule has 1 fully saturated rings. The molecule has 0 aromatic carbocycles. The first-order valence-electron chi connectivity index (χ1n) is 5.21. The Kier molecular flexibility index (Phi) is 4.40. The van der Waals surface area contributed by atoms with Crippen molar-refractivity contribution >= 4 is 0 Å². The van der Waals surface area contributed by atoms with Crippen molar-refractivity contribution in [1.82, 2.24) is 5.32 Å². The minimum absolute atomic E-state index is 0.0706. The molecule has 0 saturated heterocycles. The molecule has 0 radical (unpaired) electrons. The summed E-state index contributed by atoms with van der Waals surface area (Å²) in [7, 11) is 0. The number of nitrogens with zero attached hydrogens (tertiary/aromatic N) is 1. The molecular weight excluding hydrogens is 205 g/mol. The van der Waals surface area contributed by atoms with Crippen molar-refractivity contribution in [3.8, 4) is 6.07 Å². The van der Waals surface area contributed by atoms with E-state index in [4.69, 9.17) is 5.26 Å². The van der Waals surface area contributed by atoms with Gasteiger partial charge in [0.25, 0.3) is 0 Å². The molecule has 0 amide bonds. The Morgan fingerprint density at radius 1 is 1.33 bits per heavy atom. The van der Waals surface area contributed by atoms with Crippen molar-refractivity contribution in [2.24, 2.45) is 5.92 Å². The lowest BCUT2D eigenvalue weighted by atomic mass is 9.85. The van der Waals surface area contributed by atoms with Gasteiger partial charge in [0.05, 0.1) is 12.0 Å². The van der Waals surface area contributed by atoms with Crippen molar-refractivity contribution in [2.45, 2.75) is 44.3 Å². The molecule has 2 atom stereocenters. The van der Waals surface area contributed by atoms with E-state index in [2.05, 4.69) is 5.32 Å². The van der Waals surface area contributed by atoms with Gasteiger partial charge in [0, 0.05) is 19.0 Å². The fraction of sp³-hybridized carbons (Fsp3) is 0.900. The number of rotatable bonds is 3. The van der Waals surface area contributed by atoms with Gasteiger partial charge in [-0.2, -0.15) is 18.4 Å². The predicted octanol–water partition coefficient (Wildman–Crippen LogP) is 2.61. The molecule has 0 aromatic rings. The van der Waals surface area contributed by atoms with Crippen LogP contribution in [-0.2, 0) is 0 Å². The molecule has 1 saturated carbocycles. The molecular formula is C10H15F3N2. The van der Waals surface area contributed by atoms with Gasteiger partial charge in [-0.25, -0.2) is 0 Å². The highest BCUT2D eigenvalue weighted by Gasteiger charge is 2.41. The van der Waals surface area contributed by atoms with E-state index in [9.17, 15) is 13.2 Å². The maximum atomic E-state index is 12.4. The van der Waals surface area contributed by atoms with Gasteiger partial charge in [-0.1, -0.05) is 6.42 Å². The van der Waals surface area contributed by atoms with Gasteiger partial charge in [0.2, 0.25) is 0 Å². The zero-order valence-corrected chi connectivity index (χ0v) is 8.48. The van der Waals surface area contributed by atoms with Gasteiger partial charge >= 0.3 is 6.18 Å². The van der Waals surface area contributed by atoms with Crippen molar-refractivity contribution in [3.63, 3.8) is 0 Å². The number of alkyl halides is 3. The molecule has 15 heavy (non-hydrogen) atoms. The quantitative estimate of drug-likeness (QED) is 0.742. The van der Waals surface area contributed by atoms with E-state index < -0.39 is 12.1 Å². The standard InChI is InChI=1S/C10H15F3N2/c11-10(12,13)8-3-1-4-9(7-8)15-6-2-5-14/h8-9,15H,1-4,6-7H2. The van der Waals surface area contributed by atoms with E-state index in [1.807, 2.05) is 6.07 Å². The predicted molar refractivity (Wildman–Crippen MR) is 50.0 cm³/mol. The van der Waals surface area contributed by atoms with Crippen LogP contribution in [0.5, 0.6) is 0 Å². The summed E-state index contributed by atoms with van der Waals surface area (Å²) in [5.74, 6) is -1.16. The van der Waals surface area contributed by atoms with Crippen LogP contribution in [0.25, 0.3) is 0 Å². The van der Waals surface area contributed by atoms with Gasteiger partial charge in [-0.3, -0.25) is 0 Å². The minimum atomic E-state index is -4.06. The third-order valence-electron chi connectivity index (χ3n) is 2.81. The zero-order chi connectivity index (χ0) is 11.3. The molecule has 5 heteroatoms. The molecule has 0 spiro atoms. The lowest BCUT2D eigenvalue weighted by molar-refractivity contribution is -0.183. The Hall–Kier alpha value is -0.760.